The van der Waals surface area contributed by atoms with E-state index in [2.05, 4.69) is 4.98 Å². The van der Waals surface area contributed by atoms with Crippen molar-refractivity contribution in [1.82, 2.24) is 19.7 Å². The van der Waals surface area contributed by atoms with E-state index in [9.17, 15) is 18.4 Å². The van der Waals surface area contributed by atoms with Crippen LogP contribution in [0.5, 0.6) is 5.75 Å². The van der Waals surface area contributed by atoms with Crippen LogP contribution in [0.2, 0.25) is 0 Å². The number of ether oxygens (including phenoxy) is 1. The van der Waals surface area contributed by atoms with Crippen LogP contribution in [0.25, 0.3) is 0 Å². The number of unbranched alkanes of at least 4 members (excludes halogenated alkanes) is 1. The molecule has 0 aliphatic heterocycles. The minimum Gasteiger partial charge on any atom is -0.497 e. The first-order valence-electron chi connectivity index (χ1n) is 9.94. The maximum Gasteiger partial charge on any atom is 0.261 e. The van der Waals surface area contributed by atoms with E-state index in [-0.39, 0.29) is 17.9 Å². The Morgan fingerprint density at radius 2 is 1.87 bits per heavy atom. The van der Waals surface area contributed by atoms with Crippen LogP contribution < -0.4 is 10.2 Å². The van der Waals surface area contributed by atoms with Gasteiger partial charge in [0.15, 0.2) is 0 Å². The molecule has 10 heteroatoms. The molecule has 0 aliphatic rings. The summed E-state index contributed by atoms with van der Waals surface area (Å²) >= 11 is 0. The van der Waals surface area contributed by atoms with Gasteiger partial charge in [0.05, 0.1) is 24.2 Å². The van der Waals surface area contributed by atoms with E-state index in [1.54, 1.807) is 42.0 Å². The van der Waals surface area contributed by atoms with Gasteiger partial charge in [0.1, 0.15) is 11.8 Å². The Kier molecular flexibility index (Phi) is 9.38. The van der Waals surface area contributed by atoms with Gasteiger partial charge in [-0.2, -0.15) is 4.31 Å². The lowest BCUT2D eigenvalue weighted by Crippen LogP contribution is -2.48. The van der Waals surface area contributed by atoms with Crippen molar-refractivity contribution in [3.63, 3.8) is 0 Å². The Morgan fingerprint density at radius 1 is 1.16 bits per heavy atom. The molecule has 170 valence electrons. The zero-order chi connectivity index (χ0) is 22.9. The van der Waals surface area contributed by atoms with Crippen LogP contribution in [0.15, 0.2) is 53.6 Å². The van der Waals surface area contributed by atoms with Crippen LogP contribution in [-0.4, -0.2) is 67.5 Å². The van der Waals surface area contributed by atoms with Crippen LogP contribution in [0.1, 0.15) is 25.0 Å². The summed E-state index contributed by atoms with van der Waals surface area (Å²) in [4.78, 5) is 18.8. The van der Waals surface area contributed by atoms with Crippen LogP contribution in [0.4, 0.5) is 0 Å². The lowest BCUT2D eigenvalue weighted by atomic mass is 10.1. The molecule has 0 spiro atoms. The van der Waals surface area contributed by atoms with Crippen molar-refractivity contribution < 1.29 is 23.2 Å². The van der Waals surface area contributed by atoms with Crippen LogP contribution in [0.3, 0.4) is 0 Å². The van der Waals surface area contributed by atoms with Crippen molar-refractivity contribution in [3.8, 4) is 5.75 Å². The highest BCUT2D eigenvalue weighted by Gasteiger charge is 2.36. The predicted octanol–water partition coefficient (Wildman–Crippen LogP) is 1.89. The maximum atomic E-state index is 13.5. The van der Waals surface area contributed by atoms with Gasteiger partial charge in [-0.1, -0.05) is 12.5 Å². The molecule has 0 saturated carbocycles. The Bertz CT molecular complexity index is 921. The van der Waals surface area contributed by atoms with E-state index in [4.69, 9.17) is 4.74 Å². The lowest BCUT2D eigenvalue weighted by molar-refractivity contribution is -0.133. The topological polar surface area (TPSA) is 112 Å². The second-order valence-corrected chi connectivity index (χ2v) is 9.23. The highest BCUT2D eigenvalue weighted by atomic mass is 32.2. The summed E-state index contributed by atoms with van der Waals surface area (Å²) in [7, 11) is 1.30. The van der Waals surface area contributed by atoms with Gasteiger partial charge in [-0.25, -0.2) is 13.9 Å². The lowest BCUT2D eigenvalue weighted by Gasteiger charge is -2.29. The number of pyridine rings is 1. The van der Waals surface area contributed by atoms with Crippen molar-refractivity contribution in [2.75, 3.05) is 27.7 Å². The number of methoxy groups -OCH3 is 1. The van der Waals surface area contributed by atoms with Gasteiger partial charge in [-0.15, -0.1) is 0 Å². The first-order valence-corrected chi connectivity index (χ1v) is 11.4. The molecule has 0 bridgehead atoms. The maximum absolute atomic E-state index is 13.5. The van der Waals surface area contributed by atoms with E-state index in [0.29, 0.717) is 17.9 Å². The van der Waals surface area contributed by atoms with Gasteiger partial charge in [0.25, 0.3) is 5.91 Å². The average molecular weight is 451 g/mol. The van der Waals surface area contributed by atoms with Crippen LogP contribution in [0, 0.1) is 0 Å². The van der Waals surface area contributed by atoms with Gasteiger partial charge in [0, 0.05) is 6.20 Å². The summed E-state index contributed by atoms with van der Waals surface area (Å²) in [6, 6.07) is 10.0. The number of hydroxylamine groups is 1. The molecule has 31 heavy (non-hydrogen) atoms. The smallest absolute Gasteiger partial charge is 0.261 e. The number of aromatic nitrogens is 1. The van der Waals surface area contributed by atoms with Gasteiger partial charge < -0.3 is 9.64 Å². The van der Waals surface area contributed by atoms with E-state index in [0.717, 1.165) is 17.3 Å². The van der Waals surface area contributed by atoms with Crippen molar-refractivity contribution in [1.29, 1.82) is 0 Å². The number of hydrogen-bond acceptors (Lipinski definition) is 7. The summed E-state index contributed by atoms with van der Waals surface area (Å²) in [6.07, 6.45) is 3.20. The third-order valence-corrected chi connectivity index (χ3v) is 6.67. The monoisotopic (exact) mass is 450 g/mol. The van der Waals surface area contributed by atoms with Gasteiger partial charge in [-0.05, 0) is 69.9 Å². The standard InChI is InChI=1S/C21H30N4O5S/c1-24(2)15-7-5-9-20(21(26)23-27)25(16-17-8-4-6-14-22-17)31(28,29)19-12-10-18(30-3)11-13-19/h4,6,8,10-14,20,27H,5,7,9,15-16H2,1-3H3,(H,23,26)/t20-/m1/s1. The molecule has 1 atom stereocenters. The molecule has 9 nitrogen and oxygen atoms in total. The molecule has 0 radical (unpaired) electrons. The number of rotatable bonds is 12. The minimum atomic E-state index is -4.08. The van der Waals surface area contributed by atoms with Crippen LogP contribution in [-0.2, 0) is 21.4 Å². The third-order valence-electron chi connectivity index (χ3n) is 4.80. The fourth-order valence-corrected chi connectivity index (χ4v) is 4.73. The highest BCUT2D eigenvalue weighted by molar-refractivity contribution is 7.89. The molecular weight excluding hydrogens is 420 g/mol. The molecular formula is C21H30N4O5S. The van der Waals surface area contributed by atoms with Crippen molar-refractivity contribution in [3.05, 3.63) is 54.4 Å². The number of benzene rings is 1. The van der Waals surface area contributed by atoms with E-state index in [1.165, 1.54) is 19.2 Å². The number of carbonyl (C=O) groups is 1. The summed E-state index contributed by atoms with van der Waals surface area (Å²) in [5, 5.41) is 9.31. The second-order valence-electron chi connectivity index (χ2n) is 7.34. The molecule has 1 amide bonds. The summed E-state index contributed by atoms with van der Waals surface area (Å²) in [5.74, 6) is -0.263. The number of sulfonamides is 1. The molecule has 1 aromatic heterocycles. The molecule has 0 fully saturated rings. The molecule has 2 aromatic rings. The summed E-state index contributed by atoms with van der Waals surface area (Å²) in [6.45, 7) is 0.694. The molecule has 2 N–H and O–H groups in total. The number of nitrogens with zero attached hydrogens (tertiary/aromatic N) is 3. The van der Waals surface area contributed by atoms with Gasteiger partial charge in [0.2, 0.25) is 10.0 Å². The number of amides is 1. The van der Waals surface area contributed by atoms with E-state index in [1.807, 2.05) is 19.0 Å². The Hall–Kier alpha value is -2.53. The molecule has 2 rings (SSSR count). The zero-order valence-electron chi connectivity index (χ0n) is 18.1. The third kappa shape index (κ3) is 7.00. The molecule has 0 saturated heterocycles. The van der Waals surface area contributed by atoms with Crippen molar-refractivity contribution in [2.24, 2.45) is 0 Å². The van der Waals surface area contributed by atoms with Gasteiger partial charge >= 0.3 is 0 Å². The quantitative estimate of drug-likeness (QED) is 0.288. The van der Waals surface area contributed by atoms with Gasteiger partial charge in [-0.3, -0.25) is 15.0 Å². The molecule has 1 heterocycles. The Labute approximate surface area is 183 Å². The molecule has 0 aliphatic carbocycles. The normalized spacial score (nSPS) is 12.7. The SMILES string of the molecule is COc1ccc(S(=O)(=O)N(Cc2ccccn2)[C@H](CCCCN(C)C)C(=O)NO)cc1. The van der Waals surface area contributed by atoms with Crippen LogP contribution >= 0.6 is 0 Å². The average Bonchev–Trinajstić information content (AvgIpc) is 2.78. The molecule has 1 aromatic carbocycles. The Balaban J connectivity index is 2.40. The minimum absolute atomic E-state index is 0.0215. The first kappa shape index (κ1) is 24.7. The highest BCUT2D eigenvalue weighted by Crippen LogP contribution is 2.25. The van der Waals surface area contributed by atoms with E-state index >= 15 is 0 Å². The fraction of sp³-hybridized carbons (Fsp3) is 0.429. The Morgan fingerprint density at radius 3 is 2.42 bits per heavy atom. The predicted molar refractivity (Wildman–Crippen MR) is 116 cm³/mol. The number of nitrogens with one attached hydrogen (secondary N) is 1. The second kappa shape index (κ2) is 11.8. The first-order chi connectivity index (χ1) is 14.8. The fourth-order valence-electron chi connectivity index (χ4n) is 3.14. The molecule has 0 unspecified atom stereocenters. The number of hydrogen-bond donors (Lipinski definition) is 2. The largest absolute Gasteiger partial charge is 0.497 e. The summed E-state index contributed by atoms with van der Waals surface area (Å²) in [5.41, 5.74) is 2.12. The van der Waals surface area contributed by atoms with E-state index < -0.39 is 22.0 Å². The van der Waals surface area contributed by atoms with Crippen molar-refractivity contribution in [2.45, 2.75) is 36.7 Å². The summed E-state index contributed by atoms with van der Waals surface area (Å²) < 4.78 is 33.3. The zero-order valence-corrected chi connectivity index (χ0v) is 18.9. The number of carbonyl (C=O) groups excluding carboxylic acids is 1. The van der Waals surface area contributed by atoms with Crippen molar-refractivity contribution >= 4 is 15.9 Å².